The van der Waals surface area contributed by atoms with E-state index in [1.807, 2.05) is 0 Å². The Kier molecular flexibility index (Phi) is 5.41. The van der Waals surface area contributed by atoms with E-state index in [-0.39, 0.29) is 13.0 Å². The van der Waals surface area contributed by atoms with Crippen molar-refractivity contribution in [3.8, 4) is 6.07 Å². The first-order valence-corrected chi connectivity index (χ1v) is 5.51. The molecule has 0 radical (unpaired) electrons. The predicted octanol–water partition coefficient (Wildman–Crippen LogP) is -0.826. The molecule has 0 aromatic heterocycles. The van der Waals surface area contributed by atoms with Crippen molar-refractivity contribution in [2.24, 2.45) is 0 Å². The molecule has 1 unspecified atom stereocenters. The van der Waals surface area contributed by atoms with Crippen molar-refractivity contribution in [1.29, 1.82) is 5.26 Å². The molecule has 0 aliphatic heterocycles. The molecule has 0 saturated carbocycles. The maximum Gasteiger partial charge on any atom is 0.327 e. The Labute approximate surface area is 91.2 Å². The summed E-state index contributed by atoms with van der Waals surface area (Å²) >= 11 is 0. The zero-order chi connectivity index (χ0) is 12.8. The molecule has 0 aliphatic rings. The Hall–Kier alpha value is -1.66. The Morgan fingerprint density at radius 3 is 2.38 bits per heavy atom. The third kappa shape index (κ3) is 5.28. The van der Waals surface area contributed by atoms with E-state index in [1.165, 1.54) is 0 Å². The van der Waals surface area contributed by atoms with Crippen LogP contribution in [0, 0.1) is 11.3 Å². The number of carboxylic acids is 1. The average Bonchev–Trinajstić information content (AvgIpc) is 2.12. The molecule has 0 aromatic rings. The Balaban J connectivity index is 4.60. The van der Waals surface area contributed by atoms with Crippen molar-refractivity contribution in [2.75, 3.05) is 6.61 Å². The molecule has 90 valence electrons. The summed E-state index contributed by atoms with van der Waals surface area (Å²) in [7, 11) is -4.83. The van der Waals surface area contributed by atoms with Gasteiger partial charge in [0.15, 0.2) is 5.25 Å². The van der Waals surface area contributed by atoms with Crippen LogP contribution < -0.4 is 0 Å². The minimum atomic E-state index is -4.83. The van der Waals surface area contributed by atoms with Gasteiger partial charge in [-0.05, 0) is 0 Å². The first-order chi connectivity index (χ1) is 7.29. The molecule has 1 atom stereocenters. The Morgan fingerprint density at radius 1 is 1.44 bits per heavy atom. The molecule has 0 rings (SSSR count). The van der Waals surface area contributed by atoms with E-state index in [0.29, 0.717) is 0 Å². The van der Waals surface area contributed by atoms with Gasteiger partial charge in [-0.1, -0.05) is 0 Å². The van der Waals surface area contributed by atoms with Gasteiger partial charge in [0.2, 0.25) is 0 Å². The van der Waals surface area contributed by atoms with E-state index in [9.17, 15) is 18.0 Å². The van der Waals surface area contributed by atoms with E-state index in [4.69, 9.17) is 14.9 Å². The van der Waals surface area contributed by atoms with Crippen molar-refractivity contribution in [3.05, 3.63) is 0 Å². The normalized spacial score (nSPS) is 12.5. The number of nitrogens with zero attached hydrogens (tertiary/aromatic N) is 1. The topological polar surface area (TPSA) is 142 Å². The summed E-state index contributed by atoms with van der Waals surface area (Å²) in [5.74, 6) is -2.96. The van der Waals surface area contributed by atoms with E-state index in [1.54, 1.807) is 6.07 Å². The van der Waals surface area contributed by atoms with E-state index < -0.39 is 33.7 Å². The van der Waals surface area contributed by atoms with Crippen LogP contribution in [0.5, 0.6) is 0 Å². The standard InChI is InChI=1S/C7H9NO7S/c8-2-1-3-15-7(11)5(4-6(9)10)16(12,13)14/h5H,1,3-4H2,(H,9,10)(H,12,13,14). The lowest BCUT2D eigenvalue weighted by molar-refractivity contribution is -0.147. The van der Waals surface area contributed by atoms with Gasteiger partial charge in [-0.3, -0.25) is 14.1 Å². The highest BCUT2D eigenvalue weighted by atomic mass is 32.2. The van der Waals surface area contributed by atoms with E-state index in [0.717, 1.165) is 0 Å². The van der Waals surface area contributed by atoms with E-state index in [2.05, 4.69) is 4.74 Å². The molecular formula is C7H9NO7S. The largest absolute Gasteiger partial charge is 0.481 e. The van der Waals surface area contributed by atoms with Crippen LogP contribution in [0.4, 0.5) is 0 Å². The number of carbonyl (C=O) groups is 2. The zero-order valence-corrected chi connectivity index (χ0v) is 8.81. The maximum absolute atomic E-state index is 11.1. The number of nitriles is 1. The molecule has 2 N–H and O–H groups in total. The highest BCUT2D eigenvalue weighted by Gasteiger charge is 2.34. The number of rotatable bonds is 6. The monoisotopic (exact) mass is 251 g/mol. The van der Waals surface area contributed by atoms with Crippen LogP contribution in [0.15, 0.2) is 0 Å². The Bertz CT molecular complexity index is 407. The van der Waals surface area contributed by atoms with Gasteiger partial charge in [0.1, 0.15) is 6.61 Å². The third-order valence-corrected chi connectivity index (χ3v) is 2.52. The molecule has 8 nitrogen and oxygen atoms in total. The van der Waals surface area contributed by atoms with Crippen LogP contribution in [0.1, 0.15) is 12.8 Å². The number of hydrogen-bond acceptors (Lipinski definition) is 6. The lowest BCUT2D eigenvalue weighted by Crippen LogP contribution is -2.34. The van der Waals surface area contributed by atoms with Crippen LogP contribution >= 0.6 is 0 Å². The lowest BCUT2D eigenvalue weighted by atomic mass is 10.3. The lowest BCUT2D eigenvalue weighted by Gasteiger charge is -2.10. The Morgan fingerprint density at radius 2 is 2.00 bits per heavy atom. The molecule has 0 fully saturated rings. The van der Waals surface area contributed by atoms with Gasteiger partial charge in [0, 0.05) is 0 Å². The summed E-state index contributed by atoms with van der Waals surface area (Å²) < 4.78 is 34.2. The minimum Gasteiger partial charge on any atom is -0.481 e. The van der Waals surface area contributed by atoms with Crippen molar-refractivity contribution < 1.29 is 32.4 Å². The molecule has 0 spiro atoms. The molecule has 9 heteroatoms. The second kappa shape index (κ2) is 6.04. The second-order valence-electron chi connectivity index (χ2n) is 2.68. The number of carboxylic acid groups (broad SMARTS) is 1. The number of ether oxygens (including phenoxy) is 1. The van der Waals surface area contributed by atoms with Crippen molar-refractivity contribution in [3.63, 3.8) is 0 Å². The third-order valence-electron chi connectivity index (χ3n) is 1.44. The van der Waals surface area contributed by atoms with Gasteiger partial charge in [-0.15, -0.1) is 0 Å². The first-order valence-electron chi connectivity index (χ1n) is 4.00. The number of aliphatic carboxylic acids is 1. The van der Waals surface area contributed by atoms with Crippen LogP contribution in [-0.4, -0.2) is 41.9 Å². The van der Waals surface area contributed by atoms with Crippen LogP contribution in [0.3, 0.4) is 0 Å². The predicted molar refractivity (Wildman–Crippen MR) is 48.8 cm³/mol. The minimum absolute atomic E-state index is 0.156. The smallest absolute Gasteiger partial charge is 0.327 e. The number of esters is 1. The fourth-order valence-electron chi connectivity index (χ4n) is 0.759. The van der Waals surface area contributed by atoms with Crippen molar-refractivity contribution in [2.45, 2.75) is 18.1 Å². The first kappa shape index (κ1) is 14.3. The van der Waals surface area contributed by atoms with E-state index >= 15 is 0 Å². The molecule has 0 aliphatic carbocycles. The number of hydrogen-bond donors (Lipinski definition) is 2. The summed E-state index contributed by atoms with van der Waals surface area (Å²) in [6, 6.07) is 1.64. The van der Waals surface area contributed by atoms with Gasteiger partial charge in [-0.25, -0.2) is 0 Å². The summed E-state index contributed by atoms with van der Waals surface area (Å²) in [4.78, 5) is 21.3. The van der Waals surface area contributed by atoms with Gasteiger partial charge in [0.25, 0.3) is 10.1 Å². The highest BCUT2D eigenvalue weighted by Crippen LogP contribution is 2.07. The second-order valence-corrected chi connectivity index (χ2v) is 4.28. The molecule has 0 aromatic carbocycles. The summed E-state index contributed by atoms with van der Waals surface area (Å²) in [5, 5.41) is 14.3. The molecule has 0 heterocycles. The van der Waals surface area contributed by atoms with Crippen molar-refractivity contribution in [1.82, 2.24) is 0 Å². The maximum atomic E-state index is 11.1. The fraction of sp³-hybridized carbons (Fsp3) is 0.571. The highest BCUT2D eigenvalue weighted by molar-refractivity contribution is 7.87. The average molecular weight is 251 g/mol. The summed E-state index contributed by atoms with van der Waals surface area (Å²) in [5.41, 5.74) is 0. The molecular weight excluding hydrogens is 242 g/mol. The van der Waals surface area contributed by atoms with Crippen LogP contribution in [0.25, 0.3) is 0 Å². The molecule has 16 heavy (non-hydrogen) atoms. The number of carbonyl (C=O) groups excluding carboxylic acids is 1. The van der Waals surface area contributed by atoms with Crippen molar-refractivity contribution >= 4 is 22.1 Å². The SMILES string of the molecule is N#CCCOC(=O)C(CC(=O)O)S(=O)(=O)O. The zero-order valence-electron chi connectivity index (χ0n) is 7.99. The summed E-state index contributed by atoms with van der Waals surface area (Å²) in [6.45, 7) is -0.360. The van der Waals surface area contributed by atoms with Crippen LogP contribution in [0.2, 0.25) is 0 Å². The van der Waals surface area contributed by atoms with Crippen LogP contribution in [-0.2, 0) is 24.4 Å². The van der Waals surface area contributed by atoms with Gasteiger partial charge < -0.3 is 9.84 Å². The summed E-state index contributed by atoms with van der Waals surface area (Å²) in [6.07, 6.45) is -1.25. The molecule has 0 amide bonds. The van der Waals surface area contributed by atoms with Gasteiger partial charge >= 0.3 is 11.9 Å². The van der Waals surface area contributed by atoms with Gasteiger partial charge in [-0.2, -0.15) is 13.7 Å². The van der Waals surface area contributed by atoms with Gasteiger partial charge in [0.05, 0.1) is 18.9 Å². The quantitative estimate of drug-likeness (QED) is 0.354. The fourth-order valence-corrected chi connectivity index (χ4v) is 1.42. The molecule has 0 saturated heterocycles. The molecule has 0 bridgehead atoms.